The monoisotopic (exact) mass is 578 g/mol. The lowest BCUT2D eigenvalue weighted by Crippen LogP contribution is -2.47. The molecule has 0 bridgehead atoms. The lowest BCUT2D eigenvalue weighted by Gasteiger charge is -2.31. The molecule has 2 aromatic carbocycles. The van der Waals surface area contributed by atoms with Gasteiger partial charge in [0.2, 0.25) is 12.7 Å². The van der Waals surface area contributed by atoms with E-state index in [2.05, 4.69) is 4.90 Å². The number of nitro groups is 1. The van der Waals surface area contributed by atoms with Crippen LogP contribution in [0.15, 0.2) is 52.9 Å². The number of fused-ring (bicyclic) bond motifs is 1. The van der Waals surface area contributed by atoms with Crippen LogP contribution in [0, 0.1) is 24.0 Å². The molecule has 42 heavy (non-hydrogen) atoms. The van der Waals surface area contributed by atoms with Crippen molar-refractivity contribution in [3.05, 3.63) is 86.9 Å². The molecule has 222 valence electrons. The molecule has 3 heterocycles. The lowest BCUT2D eigenvalue weighted by atomic mass is 10.1. The summed E-state index contributed by atoms with van der Waals surface area (Å²) < 4.78 is 22.1. The van der Waals surface area contributed by atoms with Crippen LogP contribution in [0.2, 0.25) is 0 Å². The van der Waals surface area contributed by atoms with Gasteiger partial charge < -0.3 is 28.4 Å². The van der Waals surface area contributed by atoms with Crippen molar-refractivity contribution >= 4 is 17.5 Å². The first kappa shape index (κ1) is 29.1. The maximum absolute atomic E-state index is 13.9. The van der Waals surface area contributed by atoms with Crippen molar-refractivity contribution in [1.29, 1.82) is 0 Å². The number of carbonyl (C=O) groups excluding carboxylic acids is 2. The van der Waals surface area contributed by atoms with Crippen molar-refractivity contribution in [1.82, 2.24) is 14.7 Å². The summed E-state index contributed by atoms with van der Waals surface area (Å²) in [7, 11) is 0. The molecule has 12 heteroatoms. The molecule has 1 fully saturated rings. The number of hydrogen-bond donors (Lipinski definition) is 0. The standard InChI is InChI=1S/C30H34N4O8/c1-21-3-6-24(16-26(21)34(37)38)30(36)32(10-9-31-11-13-39-14-12-31)19-29(35)33(18-25-7-4-22(2)42-25)17-23-5-8-27-28(15-23)41-20-40-27/h3-8,15-16H,9-14,17-20H2,1-2H3. The maximum Gasteiger partial charge on any atom is 0.273 e. The molecule has 2 aliphatic heterocycles. The first-order valence-corrected chi connectivity index (χ1v) is 13.8. The van der Waals surface area contributed by atoms with E-state index in [0.717, 1.165) is 24.4 Å². The summed E-state index contributed by atoms with van der Waals surface area (Å²) in [5, 5.41) is 11.6. The van der Waals surface area contributed by atoms with Crippen molar-refractivity contribution in [2.45, 2.75) is 26.9 Å². The summed E-state index contributed by atoms with van der Waals surface area (Å²) in [5.41, 5.74) is 1.30. The van der Waals surface area contributed by atoms with Gasteiger partial charge >= 0.3 is 0 Å². The first-order valence-electron chi connectivity index (χ1n) is 13.8. The molecule has 12 nitrogen and oxygen atoms in total. The van der Waals surface area contributed by atoms with Crippen LogP contribution in [-0.2, 0) is 22.6 Å². The largest absolute Gasteiger partial charge is 0.464 e. The van der Waals surface area contributed by atoms with E-state index in [1.807, 2.05) is 31.2 Å². The van der Waals surface area contributed by atoms with Gasteiger partial charge in [0.05, 0.1) is 24.7 Å². The quantitative estimate of drug-likeness (QED) is 0.248. The molecule has 0 aliphatic carbocycles. The van der Waals surface area contributed by atoms with Gasteiger partial charge in [-0.15, -0.1) is 0 Å². The zero-order chi connectivity index (χ0) is 29.6. The van der Waals surface area contributed by atoms with E-state index in [9.17, 15) is 19.7 Å². The molecular weight excluding hydrogens is 544 g/mol. The Labute approximate surface area is 243 Å². The predicted octanol–water partition coefficient (Wildman–Crippen LogP) is 3.54. The SMILES string of the molecule is Cc1ccc(CN(Cc2ccc3c(c2)OCO3)C(=O)CN(CCN2CCOCC2)C(=O)c2ccc(C)c([N+](=O)[O-])c2)o1. The molecule has 2 amide bonds. The lowest BCUT2D eigenvalue weighted by molar-refractivity contribution is -0.385. The van der Waals surface area contributed by atoms with Crippen LogP contribution in [0.25, 0.3) is 0 Å². The van der Waals surface area contributed by atoms with Crippen LogP contribution in [-0.4, -0.2) is 84.2 Å². The van der Waals surface area contributed by atoms with Crippen molar-refractivity contribution in [2.24, 2.45) is 0 Å². The molecule has 0 unspecified atom stereocenters. The van der Waals surface area contributed by atoms with Crippen molar-refractivity contribution in [3.8, 4) is 11.5 Å². The van der Waals surface area contributed by atoms with E-state index in [-0.39, 0.29) is 50.1 Å². The Balaban J connectivity index is 1.39. The number of morpholine rings is 1. The average molecular weight is 579 g/mol. The van der Waals surface area contributed by atoms with E-state index in [4.69, 9.17) is 18.6 Å². The second kappa shape index (κ2) is 13.0. The number of rotatable bonds is 11. The summed E-state index contributed by atoms with van der Waals surface area (Å²) in [5.74, 6) is 1.85. The first-order chi connectivity index (χ1) is 20.3. The molecule has 1 saturated heterocycles. The minimum absolute atomic E-state index is 0.141. The molecular formula is C30H34N4O8. The molecule has 2 aliphatic rings. The zero-order valence-corrected chi connectivity index (χ0v) is 23.7. The Hall–Kier alpha value is -4.42. The molecule has 3 aromatic rings. The third-order valence-corrected chi connectivity index (χ3v) is 7.36. The van der Waals surface area contributed by atoms with Crippen LogP contribution in [0.5, 0.6) is 11.5 Å². The normalized spacial score (nSPS) is 14.5. The van der Waals surface area contributed by atoms with Gasteiger partial charge in [-0.05, 0) is 49.7 Å². The van der Waals surface area contributed by atoms with Gasteiger partial charge in [0.1, 0.15) is 18.1 Å². The van der Waals surface area contributed by atoms with Crippen LogP contribution in [0.4, 0.5) is 5.69 Å². The van der Waals surface area contributed by atoms with Gasteiger partial charge in [-0.1, -0.05) is 12.1 Å². The Morgan fingerprint density at radius 2 is 1.74 bits per heavy atom. The van der Waals surface area contributed by atoms with E-state index in [1.54, 1.807) is 30.0 Å². The number of nitrogens with zero attached hydrogens (tertiary/aromatic N) is 4. The minimum Gasteiger partial charge on any atom is -0.464 e. The maximum atomic E-state index is 13.9. The third-order valence-electron chi connectivity index (χ3n) is 7.36. The smallest absolute Gasteiger partial charge is 0.273 e. The molecule has 0 radical (unpaired) electrons. The number of ether oxygens (including phenoxy) is 3. The van der Waals surface area contributed by atoms with Crippen LogP contribution in [0.1, 0.15) is 33.0 Å². The number of aryl methyl sites for hydroxylation is 2. The fourth-order valence-electron chi connectivity index (χ4n) is 4.97. The fourth-order valence-corrected chi connectivity index (χ4v) is 4.97. The van der Waals surface area contributed by atoms with Crippen molar-refractivity contribution < 1.29 is 33.1 Å². The van der Waals surface area contributed by atoms with E-state index >= 15 is 0 Å². The van der Waals surface area contributed by atoms with Gasteiger partial charge in [-0.2, -0.15) is 0 Å². The molecule has 5 rings (SSSR count). The topological polar surface area (TPSA) is 128 Å². The van der Waals surface area contributed by atoms with Crippen LogP contribution < -0.4 is 9.47 Å². The van der Waals surface area contributed by atoms with E-state index in [0.29, 0.717) is 42.6 Å². The summed E-state index contributed by atoms with van der Waals surface area (Å²) in [4.78, 5) is 44.0. The second-order valence-electron chi connectivity index (χ2n) is 10.4. The summed E-state index contributed by atoms with van der Waals surface area (Å²) >= 11 is 0. The van der Waals surface area contributed by atoms with E-state index < -0.39 is 10.8 Å². The molecule has 1 aromatic heterocycles. The van der Waals surface area contributed by atoms with E-state index in [1.165, 1.54) is 11.0 Å². The summed E-state index contributed by atoms with van der Waals surface area (Å²) in [6.45, 7) is 7.28. The van der Waals surface area contributed by atoms with Crippen molar-refractivity contribution in [3.63, 3.8) is 0 Å². The van der Waals surface area contributed by atoms with Crippen LogP contribution in [0.3, 0.4) is 0 Å². The number of hydrogen-bond acceptors (Lipinski definition) is 9. The number of furan rings is 1. The molecule has 0 saturated carbocycles. The van der Waals surface area contributed by atoms with Gasteiger partial charge in [0, 0.05) is 49.9 Å². The number of benzene rings is 2. The molecule has 0 spiro atoms. The Morgan fingerprint density at radius 3 is 2.48 bits per heavy atom. The van der Waals surface area contributed by atoms with Gasteiger partial charge in [-0.25, -0.2) is 0 Å². The average Bonchev–Trinajstić information content (AvgIpc) is 3.63. The minimum atomic E-state index is -0.506. The number of nitro benzene ring substituents is 1. The highest BCUT2D eigenvalue weighted by Crippen LogP contribution is 2.33. The Bertz CT molecular complexity index is 1450. The highest BCUT2D eigenvalue weighted by molar-refractivity contribution is 5.97. The Morgan fingerprint density at radius 1 is 0.952 bits per heavy atom. The molecule has 0 N–H and O–H groups in total. The van der Waals surface area contributed by atoms with Crippen LogP contribution >= 0.6 is 0 Å². The molecule has 0 atom stereocenters. The van der Waals surface area contributed by atoms with Gasteiger partial charge in [0.15, 0.2) is 11.5 Å². The van der Waals surface area contributed by atoms with Crippen molar-refractivity contribution in [2.75, 3.05) is 52.7 Å². The second-order valence-corrected chi connectivity index (χ2v) is 10.4. The number of carbonyl (C=O) groups is 2. The highest BCUT2D eigenvalue weighted by atomic mass is 16.7. The van der Waals surface area contributed by atoms with Gasteiger partial charge in [0.25, 0.3) is 11.6 Å². The zero-order valence-electron chi connectivity index (χ0n) is 23.7. The van der Waals surface area contributed by atoms with Gasteiger partial charge in [-0.3, -0.25) is 24.6 Å². The predicted molar refractivity (Wildman–Crippen MR) is 151 cm³/mol. The third kappa shape index (κ3) is 7.07. The summed E-state index contributed by atoms with van der Waals surface area (Å²) in [6, 6.07) is 13.6. The highest BCUT2D eigenvalue weighted by Gasteiger charge is 2.26. The Kier molecular flexibility index (Phi) is 9.03. The number of amides is 2. The summed E-state index contributed by atoms with van der Waals surface area (Å²) in [6.07, 6.45) is 0. The fraction of sp³-hybridized carbons (Fsp3) is 0.400.